The van der Waals surface area contributed by atoms with E-state index < -0.39 is 0 Å². The summed E-state index contributed by atoms with van der Waals surface area (Å²) in [5.41, 5.74) is 2.41. The molecule has 0 aliphatic rings. The van der Waals surface area contributed by atoms with Crippen LogP contribution in [0.1, 0.15) is 38.5 Å². The zero-order chi connectivity index (χ0) is 22.0. The lowest BCUT2D eigenvalue weighted by Gasteiger charge is -2.11. The molecule has 2 aromatic heterocycles. The largest absolute Gasteiger partial charge is 0.460 e. The van der Waals surface area contributed by atoms with E-state index >= 15 is 0 Å². The maximum atomic E-state index is 13.5. The van der Waals surface area contributed by atoms with Crippen molar-refractivity contribution < 1.29 is 13.9 Å². The average molecular weight is 435 g/mol. The van der Waals surface area contributed by atoms with E-state index in [4.69, 9.17) is 9.15 Å². The highest BCUT2D eigenvalue weighted by atomic mass is 32.1. The molecule has 0 spiro atoms. The third-order valence-electron chi connectivity index (χ3n) is 5.02. The molecule has 4 rings (SSSR count). The first-order valence-corrected chi connectivity index (χ1v) is 11.1. The molecule has 0 atom stereocenters. The number of carbonyl (C=O) groups excluding carboxylic acids is 1. The first-order chi connectivity index (χ1) is 15.0. The summed E-state index contributed by atoms with van der Waals surface area (Å²) in [4.78, 5) is 25.3. The minimum atomic E-state index is -0.328. The van der Waals surface area contributed by atoms with Crippen molar-refractivity contribution in [1.82, 2.24) is 10.2 Å². The van der Waals surface area contributed by atoms with Crippen LogP contribution in [-0.4, -0.2) is 16.2 Å². The number of fused-ring (bicyclic) bond motifs is 1. The molecule has 7 heteroatoms. The third kappa shape index (κ3) is 4.01. The van der Waals surface area contributed by atoms with Crippen molar-refractivity contribution in [2.45, 2.75) is 40.0 Å². The fourth-order valence-corrected chi connectivity index (χ4v) is 4.28. The number of aromatic nitrogens is 2. The van der Waals surface area contributed by atoms with Gasteiger partial charge in [-0.1, -0.05) is 62.4 Å². The Kier molecular flexibility index (Phi) is 5.95. The molecule has 0 unspecified atom stereocenters. The van der Waals surface area contributed by atoms with Crippen molar-refractivity contribution in [1.29, 1.82) is 0 Å². The first kappa shape index (κ1) is 20.9. The lowest BCUT2D eigenvalue weighted by molar-refractivity contribution is -0.134. The van der Waals surface area contributed by atoms with Crippen LogP contribution in [-0.2, 0) is 17.6 Å². The molecule has 4 aromatic rings. The van der Waals surface area contributed by atoms with Gasteiger partial charge in [0.25, 0.3) is 0 Å². The fraction of sp³-hybridized carbons (Fsp3) is 0.250. The number of hydrogen-bond acceptors (Lipinski definition) is 7. The molecule has 0 fully saturated rings. The molecule has 0 bridgehead atoms. The van der Waals surface area contributed by atoms with E-state index in [1.54, 1.807) is 19.1 Å². The summed E-state index contributed by atoms with van der Waals surface area (Å²) in [6, 6.07) is 13.1. The van der Waals surface area contributed by atoms with Crippen molar-refractivity contribution in [3.63, 3.8) is 0 Å². The monoisotopic (exact) mass is 434 g/mol. The van der Waals surface area contributed by atoms with E-state index in [1.807, 2.05) is 44.2 Å². The summed E-state index contributed by atoms with van der Waals surface area (Å²) < 4.78 is 11.5. The van der Waals surface area contributed by atoms with E-state index in [9.17, 15) is 9.59 Å². The Balaban J connectivity index is 1.88. The topological polar surface area (TPSA) is 82.3 Å². The molecule has 0 saturated heterocycles. The van der Waals surface area contributed by atoms with Crippen molar-refractivity contribution in [2.24, 2.45) is 0 Å². The van der Waals surface area contributed by atoms with E-state index in [0.29, 0.717) is 45.9 Å². The minimum Gasteiger partial charge on any atom is -0.460 e. The van der Waals surface area contributed by atoms with Crippen LogP contribution >= 0.6 is 11.3 Å². The van der Waals surface area contributed by atoms with E-state index in [2.05, 4.69) is 10.2 Å². The van der Waals surface area contributed by atoms with Crippen LogP contribution in [0.25, 0.3) is 32.1 Å². The standard InChI is InChI=1S/C24H22N2O4S/c1-4-14-12-16-19(13-18(14)30-20(27)6-3)29-17(5-2)21(22(16)28)24-26-25-23(31-24)15-10-8-7-9-11-15/h7-13H,4-6H2,1-3H3. The molecule has 0 N–H and O–H groups in total. The Hall–Kier alpha value is -3.32. The smallest absolute Gasteiger partial charge is 0.310 e. The van der Waals surface area contributed by atoms with Gasteiger partial charge in [0.05, 0.1) is 10.9 Å². The molecule has 0 saturated carbocycles. The van der Waals surface area contributed by atoms with Gasteiger partial charge in [0.2, 0.25) is 5.43 Å². The van der Waals surface area contributed by atoms with Gasteiger partial charge in [0.15, 0.2) is 5.01 Å². The Bertz CT molecular complexity index is 1310. The van der Waals surface area contributed by atoms with Gasteiger partial charge in [0, 0.05) is 24.5 Å². The second-order valence-corrected chi connectivity index (χ2v) is 7.98. The molecule has 0 radical (unpaired) electrons. The lowest BCUT2D eigenvalue weighted by Crippen LogP contribution is -2.11. The predicted octanol–water partition coefficient (Wildman–Crippen LogP) is 5.42. The normalized spacial score (nSPS) is 11.1. The summed E-state index contributed by atoms with van der Waals surface area (Å²) in [7, 11) is 0. The molecule has 2 heterocycles. The maximum absolute atomic E-state index is 13.5. The van der Waals surface area contributed by atoms with Crippen molar-refractivity contribution in [3.05, 3.63) is 64.0 Å². The molecule has 0 amide bonds. The SMILES string of the molecule is CCC(=O)Oc1cc2oc(CC)c(-c3nnc(-c4ccccc4)s3)c(=O)c2cc1CC. The molecule has 6 nitrogen and oxygen atoms in total. The number of nitrogens with zero attached hydrogens (tertiary/aromatic N) is 2. The predicted molar refractivity (Wildman–Crippen MR) is 122 cm³/mol. The molecule has 0 aliphatic heterocycles. The maximum Gasteiger partial charge on any atom is 0.310 e. The van der Waals surface area contributed by atoms with E-state index in [1.165, 1.54) is 11.3 Å². The van der Waals surface area contributed by atoms with Crippen LogP contribution in [0.4, 0.5) is 0 Å². The summed E-state index contributed by atoms with van der Waals surface area (Å²) in [6.45, 7) is 5.61. The van der Waals surface area contributed by atoms with Crippen molar-refractivity contribution in [3.8, 4) is 26.9 Å². The van der Waals surface area contributed by atoms with Crippen LogP contribution in [0.3, 0.4) is 0 Å². The second kappa shape index (κ2) is 8.81. The highest BCUT2D eigenvalue weighted by Crippen LogP contribution is 2.33. The summed E-state index contributed by atoms with van der Waals surface area (Å²) in [5.74, 6) is 0.637. The first-order valence-electron chi connectivity index (χ1n) is 10.3. The molecular weight excluding hydrogens is 412 g/mol. The van der Waals surface area contributed by atoms with Crippen molar-refractivity contribution in [2.75, 3.05) is 0 Å². The fourth-order valence-electron chi connectivity index (χ4n) is 3.37. The molecule has 158 valence electrons. The number of ether oxygens (including phenoxy) is 1. The minimum absolute atomic E-state index is 0.156. The van der Waals surface area contributed by atoms with Crippen LogP contribution in [0.5, 0.6) is 5.75 Å². The van der Waals surface area contributed by atoms with Gasteiger partial charge >= 0.3 is 5.97 Å². The van der Waals surface area contributed by atoms with Gasteiger partial charge in [-0.15, -0.1) is 10.2 Å². The molecule has 2 aromatic carbocycles. The van der Waals surface area contributed by atoms with Gasteiger partial charge in [-0.2, -0.15) is 0 Å². The highest BCUT2D eigenvalue weighted by Gasteiger charge is 2.21. The zero-order valence-corrected chi connectivity index (χ0v) is 18.4. The van der Waals surface area contributed by atoms with Gasteiger partial charge in [-0.3, -0.25) is 9.59 Å². The zero-order valence-electron chi connectivity index (χ0n) is 17.6. The van der Waals surface area contributed by atoms with Crippen molar-refractivity contribution >= 4 is 28.3 Å². The number of hydrogen-bond donors (Lipinski definition) is 0. The van der Waals surface area contributed by atoms with Crippen LogP contribution in [0.15, 0.2) is 51.7 Å². The van der Waals surface area contributed by atoms with Gasteiger partial charge in [-0.05, 0) is 18.1 Å². The Morgan fingerprint density at radius 3 is 2.45 bits per heavy atom. The third-order valence-corrected chi connectivity index (χ3v) is 6.01. The summed E-state index contributed by atoms with van der Waals surface area (Å²) in [6.07, 6.45) is 1.40. The molecular formula is C24H22N2O4S. The number of aryl methyl sites for hydroxylation is 2. The summed E-state index contributed by atoms with van der Waals surface area (Å²) in [5, 5.41) is 10.3. The number of rotatable bonds is 6. The average Bonchev–Trinajstić information content (AvgIpc) is 3.28. The number of esters is 1. The quantitative estimate of drug-likeness (QED) is 0.298. The van der Waals surface area contributed by atoms with Gasteiger partial charge in [-0.25, -0.2) is 0 Å². The van der Waals surface area contributed by atoms with Crippen LogP contribution in [0.2, 0.25) is 0 Å². The Labute approximate surface area is 183 Å². The number of benzene rings is 2. The van der Waals surface area contributed by atoms with Crippen LogP contribution < -0.4 is 10.2 Å². The van der Waals surface area contributed by atoms with Gasteiger partial charge in [0.1, 0.15) is 22.1 Å². The highest BCUT2D eigenvalue weighted by molar-refractivity contribution is 7.17. The molecule has 0 aliphatic carbocycles. The van der Waals surface area contributed by atoms with E-state index in [-0.39, 0.29) is 17.8 Å². The Morgan fingerprint density at radius 1 is 1.03 bits per heavy atom. The van der Waals surface area contributed by atoms with Crippen LogP contribution in [0, 0.1) is 0 Å². The second-order valence-electron chi connectivity index (χ2n) is 7.00. The van der Waals surface area contributed by atoms with Gasteiger partial charge < -0.3 is 9.15 Å². The Morgan fingerprint density at radius 2 is 1.77 bits per heavy atom. The van der Waals surface area contributed by atoms with E-state index in [0.717, 1.165) is 16.1 Å². The molecule has 31 heavy (non-hydrogen) atoms. The lowest BCUT2D eigenvalue weighted by atomic mass is 10.0. The summed E-state index contributed by atoms with van der Waals surface area (Å²) >= 11 is 1.36. The number of carbonyl (C=O) groups is 1.